The monoisotopic (exact) mass is 657 g/mol. The zero-order valence-electron chi connectivity index (χ0n) is 24.4. The highest BCUT2D eigenvalue weighted by molar-refractivity contribution is 7.92. The standard InChI is InChI=1S/C33H35N3O5S.2ClH/c37-42(38,29-10-9-27-5-1-2-6-28(27)22-29)36-18-19-39-31-11-7-25(20-30(31)36)4-3-13-34-14-16-35(17-15-34)23-26-8-12-32-33(21-26)41-24-40-32;;/h1-2,5-12,20-22H,3-4,13-19,23-24H2;2*1H. The average molecular weight is 659 g/mol. The smallest absolute Gasteiger partial charge is 0.264 e. The zero-order chi connectivity index (χ0) is 28.5. The van der Waals surface area contributed by atoms with E-state index in [1.165, 1.54) is 9.87 Å². The van der Waals surface area contributed by atoms with Crippen LogP contribution in [-0.4, -0.2) is 70.9 Å². The van der Waals surface area contributed by atoms with Crippen LogP contribution in [0.25, 0.3) is 10.8 Å². The summed E-state index contributed by atoms with van der Waals surface area (Å²) in [6.07, 6.45) is 1.90. The molecule has 0 spiro atoms. The first-order valence-electron chi connectivity index (χ1n) is 14.6. The molecule has 0 saturated carbocycles. The maximum atomic E-state index is 13.8. The Morgan fingerprint density at radius 3 is 2.23 bits per heavy atom. The molecular formula is C33H37Cl2N3O5S. The second-order valence-corrected chi connectivity index (χ2v) is 13.0. The van der Waals surface area contributed by atoms with Gasteiger partial charge in [-0.3, -0.25) is 9.21 Å². The Balaban J connectivity index is 0.00000192. The lowest BCUT2D eigenvalue weighted by Gasteiger charge is -2.34. The molecule has 11 heteroatoms. The van der Waals surface area contributed by atoms with Gasteiger partial charge < -0.3 is 19.1 Å². The molecule has 8 nitrogen and oxygen atoms in total. The van der Waals surface area contributed by atoms with Crippen LogP contribution in [0.1, 0.15) is 17.5 Å². The van der Waals surface area contributed by atoms with Crippen LogP contribution in [0.2, 0.25) is 0 Å². The third-order valence-electron chi connectivity index (χ3n) is 8.40. The third-order valence-corrected chi connectivity index (χ3v) is 10.2. The highest BCUT2D eigenvalue weighted by Crippen LogP contribution is 2.37. The van der Waals surface area contributed by atoms with Crippen LogP contribution in [0, 0.1) is 0 Å². The fourth-order valence-corrected chi connectivity index (χ4v) is 7.56. The van der Waals surface area contributed by atoms with Crippen molar-refractivity contribution in [3.63, 3.8) is 0 Å². The number of benzene rings is 4. The van der Waals surface area contributed by atoms with Crippen molar-refractivity contribution in [1.82, 2.24) is 9.80 Å². The molecule has 0 N–H and O–H groups in total. The summed E-state index contributed by atoms with van der Waals surface area (Å²) >= 11 is 0. The molecule has 0 bridgehead atoms. The molecule has 4 aromatic rings. The molecular weight excluding hydrogens is 621 g/mol. The maximum Gasteiger partial charge on any atom is 0.264 e. The molecule has 0 aliphatic carbocycles. The molecule has 0 amide bonds. The topological polar surface area (TPSA) is 71.6 Å². The van der Waals surface area contributed by atoms with Crippen molar-refractivity contribution in [1.29, 1.82) is 0 Å². The van der Waals surface area contributed by atoms with E-state index in [0.29, 0.717) is 36.3 Å². The van der Waals surface area contributed by atoms with Crippen molar-refractivity contribution in [2.24, 2.45) is 0 Å². The number of hydrogen-bond acceptors (Lipinski definition) is 7. The Kier molecular flexibility index (Phi) is 10.1. The lowest BCUT2D eigenvalue weighted by Crippen LogP contribution is -2.46. The van der Waals surface area contributed by atoms with Crippen molar-refractivity contribution in [2.45, 2.75) is 24.3 Å². The first-order chi connectivity index (χ1) is 20.5. The molecule has 0 aromatic heterocycles. The molecule has 3 aliphatic rings. The summed E-state index contributed by atoms with van der Waals surface area (Å²) in [5, 5.41) is 1.93. The molecule has 4 aromatic carbocycles. The number of sulfonamides is 1. The van der Waals surface area contributed by atoms with Gasteiger partial charge in [-0.05, 0) is 77.7 Å². The predicted molar refractivity (Wildman–Crippen MR) is 178 cm³/mol. The number of ether oxygens (including phenoxy) is 3. The number of piperazine rings is 1. The average Bonchev–Trinajstić information content (AvgIpc) is 3.49. The number of fused-ring (bicyclic) bond motifs is 3. The van der Waals surface area contributed by atoms with Crippen LogP contribution in [0.4, 0.5) is 5.69 Å². The second kappa shape index (κ2) is 13.8. The quantitative estimate of drug-likeness (QED) is 0.239. The first kappa shape index (κ1) is 32.2. The molecule has 234 valence electrons. The Labute approximate surface area is 271 Å². The molecule has 0 unspecified atom stereocenters. The zero-order valence-corrected chi connectivity index (χ0v) is 26.8. The number of nitrogens with zero attached hydrogens (tertiary/aromatic N) is 3. The predicted octanol–water partition coefficient (Wildman–Crippen LogP) is 5.75. The maximum absolute atomic E-state index is 13.8. The molecule has 0 radical (unpaired) electrons. The number of aryl methyl sites for hydroxylation is 1. The summed E-state index contributed by atoms with van der Waals surface area (Å²) in [5.41, 5.74) is 3.00. The van der Waals surface area contributed by atoms with Gasteiger partial charge >= 0.3 is 0 Å². The third kappa shape index (κ3) is 6.72. The minimum Gasteiger partial charge on any atom is -0.489 e. The Bertz CT molecular complexity index is 1710. The number of halogens is 2. The fraction of sp³-hybridized carbons (Fsp3) is 0.333. The van der Waals surface area contributed by atoms with Crippen LogP contribution in [-0.2, 0) is 23.0 Å². The molecule has 1 saturated heterocycles. The van der Waals surface area contributed by atoms with Crippen molar-refractivity contribution >= 4 is 51.3 Å². The Morgan fingerprint density at radius 1 is 0.659 bits per heavy atom. The van der Waals surface area contributed by atoms with Crippen molar-refractivity contribution < 1.29 is 22.6 Å². The van der Waals surface area contributed by atoms with E-state index in [1.54, 1.807) is 12.1 Å². The van der Waals surface area contributed by atoms with E-state index in [1.807, 2.05) is 48.5 Å². The van der Waals surface area contributed by atoms with E-state index in [-0.39, 0.29) is 24.8 Å². The van der Waals surface area contributed by atoms with Gasteiger partial charge in [-0.25, -0.2) is 8.42 Å². The number of hydrogen-bond donors (Lipinski definition) is 0. The van der Waals surface area contributed by atoms with Gasteiger partial charge in [0.2, 0.25) is 6.79 Å². The minimum absolute atomic E-state index is 0. The Morgan fingerprint density at radius 2 is 1.39 bits per heavy atom. The molecule has 7 rings (SSSR count). The van der Waals surface area contributed by atoms with Crippen molar-refractivity contribution in [2.75, 3.05) is 57.0 Å². The van der Waals surface area contributed by atoms with E-state index < -0.39 is 10.0 Å². The van der Waals surface area contributed by atoms with Crippen molar-refractivity contribution in [3.8, 4) is 17.2 Å². The van der Waals surface area contributed by atoms with Gasteiger partial charge in [-0.15, -0.1) is 24.8 Å². The molecule has 1 fully saturated rings. The summed E-state index contributed by atoms with van der Waals surface area (Å²) in [5.74, 6) is 2.29. The summed E-state index contributed by atoms with van der Waals surface area (Å²) in [6.45, 7) is 7.02. The normalized spacial score (nSPS) is 16.5. The van der Waals surface area contributed by atoms with E-state index in [0.717, 1.165) is 79.9 Å². The van der Waals surface area contributed by atoms with Crippen molar-refractivity contribution in [3.05, 3.63) is 90.0 Å². The van der Waals surface area contributed by atoms with E-state index in [2.05, 4.69) is 28.0 Å². The lowest BCUT2D eigenvalue weighted by molar-refractivity contribution is 0.126. The number of rotatable bonds is 8. The SMILES string of the molecule is Cl.Cl.O=S(=O)(c1ccc2ccccc2c1)N1CCOc2ccc(CCCN3CCN(Cc4ccc5c(c4)OCO5)CC3)cc21. The van der Waals surface area contributed by atoms with E-state index in [4.69, 9.17) is 14.2 Å². The van der Waals surface area contributed by atoms with Gasteiger partial charge in [0.05, 0.1) is 17.1 Å². The van der Waals surface area contributed by atoms with Crippen LogP contribution in [0.3, 0.4) is 0 Å². The Hall–Kier alpha value is -3.21. The van der Waals surface area contributed by atoms with Crippen LogP contribution in [0.15, 0.2) is 83.8 Å². The summed E-state index contributed by atoms with van der Waals surface area (Å²) in [4.78, 5) is 5.31. The van der Waals surface area contributed by atoms with Crippen LogP contribution < -0.4 is 18.5 Å². The first-order valence-corrected chi connectivity index (χ1v) is 16.1. The fourth-order valence-electron chi connectivity index (χ4n) is 6.07. The summed E-state index contributed by atoms with van der Waals surface area (Å²) < 4.78 is 45.8. The van der Waals surface area contributed by atoms with Gasteiger partial charge in [0.1, 0.15) is 12.4 Å². The van der Waals surface area contributed by atoms with Gasteiger partial charge in [-0.1, -0.05) is 42.5 Å². The highest BCUT2D eigenvalue weighted by atomic mass is 35.5. The van der Waals surface area contributed by atoms with Crippen LogP contribution >= 0.6 is 24.8 Å². The lowest BCUT2D eigenvalue weighted by atomic mass is 10.1. The molecule has 3 aliphatic heterocycles. The molecule has 44 heavy (non-hydrogen) atoms. The summed E-state index contributed by atoms with van der Waals surface area (Å²) in [7, 11) is -3.73. The largest absolute Gasteiger partial charge is 0.489 e. The highest BCUT2D eigenvalue weighted by Gasteiger charge is 2.30. The van der Waals surface area contributed by atoms with E-state index in [9.17, 15) is 8.42 Å². The van der Waals surface area contributed by atoms with Gasteiger partial charge in [-0.2, -0.15) is 0 Å². The van der Waals surface area contributed by atoms with Gasteiger partial charge in [0.25, 0.3) is 10.0 Å². The van der Waals surface area contributed by atoms with E-state index >= 15 is 0 Å². The second-order valence-electron chi connectivity index (χ2n) is 11.1. The molecule has 0 atom stereocenters. The summed E-state index contributed by atoms with van der Waals surface area (Å²) in [6, 6.07) is 25.3. The number of anilines is 1. The van der Waals surface area contributed by atoms with Gasteiger partial charge in [0, 0.05) is 32.7 Å². The molecule has 3 heterocycles. The van der Waals surface area contributed by atoms with Crippen LogP contribution in [0.5, 0.6) is 17.2 Å². The minimum atomic E-state index is -3.73. The van der Waals surface area contributed by atoms with Gasteiger partial charge in [0.15, 0.2) is 11.5 Å².